The van der Waals surface area contributed by atoms with Gasteiger partial charge in [-0.3, -0.25) is 18.8 Å². The summed E-state index contributed by atoms with van der Waals surface area (Å²) in [6.07, 6.45) is -2.34. The first-order valence-corrected chi connectivity index (χ1v) is 12.4. The van der Waals surface area contributed by atoms with Crippen LogP contribution in [0.15, 0.2) is 64.3 Å². The highest BCUT2D eigenvalue weighted by Gasteiger charge is 2.29. The van der Waals surface area contributed by atoms with Gasteiger partial charge in [0.2, 0.25) is 0 Å². The van der Waals surface area contributed by atoms with Crippen molar-refractivity contribution in [1.29, 1.82) is 0 Å². The van der Waals surface area contributed by atoms with E-state index in [1.54, 1.807) is 17.7 Å². The fourth-order valence-corrected chi connectivity index (χ4v) is 4.58. The number of hydrogen-bond acceptors (Lipinski definition) is 5. The lowest BCUT2D eigenvalue weighted by molar-refractivity contribution is -0.153. The van der Waals surface area contributed by atoms with Gasteiger partial charge in [-0.2, -0.15) is 13.2 Å². The van der Waals surface area contributed by atoms with E-state index in [2.05, 4.69) is 4.90 Å². The molecule has 0 radical (unpaired) electrons. The maximum absolute atomic E-state index is 13.7. The van der Waals surface area contributed by atoms with E-state index in [0.29, 0.717) is 56.9 Å². The Morgan fingerprint density at radius 3 is 2.34 bits per heavy atom. The predicted molar refractivity (Wildman–Crippen MR) is 136 cm³/mol. The molecule has 0 atom stereocenters. The second kappa shape index (κ2) is 11.8. The highest BCUT2D eigenvalue weighted by molar-refractivity contribution is 5.59. The number of ether oxygens (including phenoxy) is 1. The molecule has 1 aromatic heterocycles. The Kier molecular flexibility index (Phi) is 8.55. The first kappa shape index (κ1) is 27.4. The SMILES string of the molecule is Cc1cn(Cc2ccccc2)c(=O)n(CCCN2CCN(c3ccc(F)cc3OCC(F)(F)F)CC2)c1=O. The molecule has 38 heavy (non-hydrogen) atoms. The second-order valence-electron chi connectivity index (χ2n) is 9.36. The van der Waals surface area contributed by atoms with Crippen molar-refractivity contribution in [3.05, 3.63) is 92.5 Å². The van der Waals surface area contributed by atoms with Gasteiger partial charge in [0.1, 0.15) is 11.6 Å². The minimum atomic E-state index is -4.52. The summed E-state index contributed by atoms with van der Waals surface area (Å²) < 4.78 is 59.2. The Bertz CT molecular complexity index is 1350. The summed E-state index contributed by atoms with van der Waals surface area (Å²) >= 11 is 0. The molecule has 4 rings (SSSR count). The topological polar surface area (TPSA) is 59.7 Å². The summed E-state index contributed by atoms with van der Waals surface area (Å²) in [5, 5.41) is 0. The molecule has 0 bridgehead atoms. The van der Waals surface area contributed by atoms with Crippen LogP contribution in [0.2, 0.25) is 0 Å². The maximum Gasteiger partial charge on any atom is 0.422 e. The Morgan fingerprint density at radius 2 is 1.66 bits per heavy atom. The first-order chi connectivity index (χ1) is 18.1. The third kappa shape index (κ3) is 7.03. The third-order valence-corrected chi connectivity index (χ3v) is 6.49. The molecule has 2 heterocycles. The zero-order valence-corrected chi connectivity index (χ0v) is 21.1. The van der Waals surface area contributed by atoms with Crippen LogP contribution < -0.4 is 20.9 Å². The highest BCUT2D eigenvalue weighted by Crippen LogP contribution is 2.31. The second-order valence-corrected chi connectivity index (χ2v) is 9.36. The number of alkyl halides is 3. The lowest BCUT2D eigenvalue weighted by Gasteiger charge is -2.36. The smallest absolute Gasteiger partial charge is 0.422 e. The molecular weight excluding hydrogens is 504 g/mol. The molecule has 0 amide bonds. The number of benzene rings is 2. The van der Waals surface area contributed by atoms with Crippen molar-refractivity contribution >= 4 is 5.69 Å². The van der Waals surface area contributed by atoms with Crippen molar-refractivity contribution in [3.8, 4) is 5.75 Å². The molecule has 1 aliphatic heterocycles. The van der Waals surface area contributed by atoms with Gasteiger partial charge >= 0.3 is 11.9 Å². The Morgan fingerprint density at radius 1 is 0.947 bits per heavy atom. The summed E-state index contributed by atoms with van der Waals surface area (Å²) in [4.78, 5) is 29.7. The van der Waals surface area contributed by atoms with Crippen molar-refractivity contribution in [2.75, 3.05) is 44.2 Å². The summed E-state index contributed by atoms with van der Waals surface area (Å²) in [5.74, 6) is -0.805. The third-order valence-electron chi connectivity index (χ3n) is 6.49. The van der Waals surface area contributed by atoms with Crippen LogP contribution in [0.1, 0.15) is 17.5 Å². The predicted octanol–water partition coefficient (Wildman–Crippen LogP) is 3.66. The van der Waals surface area contributed by atoms with E-state index in [4.69, 9.17) is 4.74 Å². The van der Waals surface area contributed by atoms with Crippen LogP contribution >= 0.6 is 0 Å². The zero-order valence-electron chi connectivity index (χ0n) is 21.1. The van der Waals surface area contributed by atoms with E-state index >= 15 is 0 Å². The van der Waals surface area contributed by atoms with Crippen LogP contribution in [0.4, 0.5) is 23.2 Å². The van der Waals surface area contributed by atoms with Gasteiger partial charge in [-0.1, -0.05) is 30.3 Å². The molecule has 0 unspecified atom stereocenters. The molecule has 204 valence electrons. The van der Waals surface area contributed by atoms with Gasteiger partial charge in [-0.25, -0.2) is 9.18 Å². The fraction of sp³-hybridized carbons (Fsp3) is 0.407. The van der Waals surface area contributed by atoms with Gasteiger partial charge in [0.25, 0.3) is 5.56 Å². The van der Waals surface area contributed by atoms with E-state index < -0.39 is 18.6 Å². The van der Waals surface area contributed by atoms with E-state index in [9.17, 15) is 27.2 Å². The number of rotatable bonds is 9. The average molecular weight is 535 g/mol. The van der Waals surface area contributed by atoms with Crippen LogP contribution in [0.3, 0.4) is 0 Å². The van der Waals surface area contributed by atoms with E-state index in [-0.39, 0.29) is 23.5 Å². The summed E-state index contributed by atoms with van der Waals surface area (Å²) in [6, 6.07) is 13.1. The van der Waals surface area contributed by atoms with Crippen molar-refractivity contribution in [2.24, 2.45) is 0 Å². The molecule has 7 nitrogen and oxygen atoms in total. The van der Waals surface area contributed by atoms with Gasteiger partial charge in [0, 0.05) is 50.6 Å². The number of hydrogen-bond donors (Lipinski definition) is 0. The molecule has 2 aromatic carbocycles. The van der Waals surface area contributed by atoms with Gasteiger partial charge in [-0.05, 0) is 37.6 Å². The fourth-order valence-electron chi connectivity index (χ4n) is 4.58. The van der Waals surface area contributed by atoms with Gasteiger partial charge in [0.15, 0.2) is 6.61 Å². The molecule has 3 aromatic rings. The van der Waals surface area contributed by atoms with Crippen molar-refractivity contribution in [3.63, 3.8) is 0 Å². The molecule has 1 fully saturated rings. The van der Waals surface area contributed by atoms with Crippen LogP contribution in [0, 0.1) is 12.7 Å². The van der Waals surface area contributed by atoms with Gasteiger partial charge in [0.05, 0.1) is 12.2 Å². The number of anilines is 1. The van der Waals surface area contributed by atoms with Crippen molar-refractivity contribution in [2.45, 2.75) is 32.6 Å². The molecule has 0 saturated carbocycles. The van der Waals surface area contributed by atoms with Crippen molar-refractivity contribution < 1.29 is 22.3 Å². The van der Waals surface area contributed by atoms with Gasteiger partial charge < -0.3 is 9.64 Å². The monoisotopic (exact) mass is 534 g/mol. The van der Waals surface area contributed by atoms with Crippen LogP contribution in [-0.2, 0) is 13.1 Å². The minimum absolute atomic E-state index is 0.138. The number of aromatic nitrogens is 2. The number of halogens is 4. The lowest BCUT2D eigenvalue weighted by Crippen LogP contribution is -2.47. The summed E-state index contributed by atoms with van der Waals surface area (Å²) in [7, 11) is 0. The van der Waals surface area contributed by atoms with Crippen LogP contribution in [0.5, 0.6) is 5.75 Å². The molecule has 0 aliphatic carbocycles. The molecule has 1 saturated heterocycles. The van der Waals surface area contributed by atoms with E-state index in [1.165, 1.54) is 16.7 Å². The Hall–Kier alpha value is -3.60. The average Bonchev–Trinajstić information content (AvgIpc) is 2.89. The molecule has 11 heteroatoms. The maximum atomic E-state index is 13.7. The van der Waals surface area contributed by atoms with Gasteiger partial charge in [-0.15, -0.1) is 0 Å². The molecule has 0 N–H and O–H groups in total. The molecular formula is C27H30F4N4O3. The van der Waals surface area contributed by atoms with Crippen LogP contribution in [-0.4, -0.2) is 59.5 Å². The number of nitrogens with zero attached hydrogens (tertiary/aromatic N) is 4. The quantitative estimate of drug-likeness (QED) is 0.393. The number of aryl methyl sites for hydroxylation is 1. The zero-order chi connectivity index (χ0) is 27.3. The van der Waals surface area contributed by atoms with Crippen molar-refractivity contribution in [1.82, 2.24) is 14.0 Å². The normalized spacial score (nSPS) is 14.6. The molecule has 0 spiro atoms. The summed E-state index contributed by atoms with van der Waals surface area (Å²) in [5.41, 5.74) is 1.23. The van der Waals surface area contributed by atoms with E-state index in [0.717, 1.165) is 11.6 Å². The highest BCUT2D eigenvalue weighted by atomic mass is 19.4. The minimum Gasteiger partial charge on any atom is -0.482 e. The van der Waals surface area contributed by atoms with Crippen LogP contribution in [0.25, 0.3) is 0 Å². The Balaban J connectivity index is 1.34. The largest absolute Gasteiger partial charge is 0.482 e. The lowest BCUT2D eigenvalue weighted by atomic mass is 10.2. The molecule has 1 aliphatic rings. The first-order valence-electron chi connectivity index (χ1n) is 12.4. The van der Waals surface area contributed by atoms with E-state index in [1.807, 2.05) is 35.2 Å². The standard InChI is InChI=1S/C27H30F4N4O3/c1-20-17-34(18-21-6-3-2-4-7-21)26(37)35(25(20)36)11-5-10-32-12-14-33(15-13-32)23-9-8-22(28)16-24(23)38-19-27(29,30)31/h2-4,6-9,16-17H,5,10-15,18-19H2,1H3. The number of piperazine rings is 1. The Labute approximate surface area is 217 Å². The summed E-state index contributed by atoms with van der Waals surface area (Å²) in [6.45, 7) is 3.78.